The molecule has 0 aliphatic carbocycles. The van der Waals surface area contributed by atoms with Crippen molar-refractivity contribution in [2.75, 3.05) is 0 Å². The second kappa shape index (κ2) is 6.15. The summed E-state index contributed by atoms with van der Waals surface area (Å²) in [4.78, 5) is 13.8. The van der Waals surface area contributed by atoms with Crippen LogP contribution in [0.15, 0.2) is 53.5 Å². The summed E-state index contributed by atoms with van der Waals surface area (Å²) >= 11 is 0. The Morgan fingerprint density at radius 2 is 1.84 bits per heavy atom. The van der Waals surface area contributed by atoms with Gasteiger partial charge in [-0.3, -0.25) is 0 Å². The van der Waals surface area contributed by atoms with Crippen LogP contribution in [0.3, 0.4) is 0 Å². The minimum Gasteiger partial charge on any atom is -0.388 e. The van der Waals surface area contributed by atoms with Crippen LogP contribution in [0.4, 0.5) is 5.69 Å². The highest BCUT2D eigenvalue weighted by Crippen LogP contribution is 2.19. The highest BCUT2D eigenvalue weighted by molar-refractivity contribution is 5.50. The molecule has 0 amide bonds. The summed E-state index contributed by atoms with van der Waals surface area (Å²) in [6.07, 6.45) is 3.83. The maximum Gasteiger partial charge on any atom is 0.292 e. The van der Waals surface area contributed by atoms with E-state index >= 15 is 0 Å². The second-order valence-corrected chi connectivity index (χ2v) is 3.89. The first-order chi connectivity index (χ1) is 9.31. The van der Waals surface area contributed by atoms with Gasteiger partial charge in [0.15, 0.2) is 0 Å². The molecule has 0 N–H and O–H groups in total. The lowest BCUT2D eigenvalue weighted by Gasteiger charge is -2.04. The van der Waals surface area contributed by atoms with Crippen LogP contribution in [-0.2, 0) is 11.2 Å². The molecule has 2 aromatic rings. The smallest absolute Gasteiger partial charge is 0.292 e. The largest absolute Gasteiger partial charge is 0.388 e. The van der Waals surface area contributed by atoms with Gasteiger partial charge in [0.05, 0.1) is 5.69 Å². The third-order valence-electron chi connectivity index (χ3n) is 2.56. The number of benzene rings is 2. The fourth-order valence-corrected chi connectivity index (χ4v) is 1.80. The average Bonchev–Trinajstić information content (AvgIpc) is 2.40. The summed E-state index contributed by atoms with van der Waals surface area (Å²) in [5.74, 6) is 0.516. The molecule has 92 valence electrons. The van der Waals surface area contributed by atoms with Gasteiger partial charge in [0.1, 0.15) is 5.75 Å². The van der Waals surface area contributed by atoms with Crippen molar-refractivity contribution in [1.82, 2.24) is 0 Å². The van der Waals surface area contributed by atoms with Crippen molar-refractivity contribution in [1.29, 1.82) is 5.26 Å². The second-order valence-electron chi connectivity index (χ2n) is 3.89. The number of isocyanates is 1. The summed E-state index contributed by atoms with van der Waals surface area (Å²) in [5, 5.41) is 8.47. The first-order valence-corrected chi connectivity index (χ1v) is 5.63. The quantitative estimate of drug-likeness (QED) is 0.476. The van der Waals surface area contributed by atoms with E-state index in [4.69, 9.17) is 10.00 Å². The highest BCUT2D eigenvalue weighted by atomic mass is 16.5. The summed E-state index contributed by atoms with van der Waals surface area (Å²) in [6.45, 7) is 0. The molecule has 0 unspecified atom stereocenters. The van der Waals surface area contributed by atoms with Crippen molar-refractivity contribution < 1.29 is 9.53 Å². The van der Waals surface area contributed by atoms with E-state index in [0.29, 0.717) is 17.9 Å². The zero-order chi connectivity index (χ0) is 13.5. The van der Waals surface area contributed by atoms with E-state index in [9.17, 15) is 4.79 Å². The summed E-state index contributed by atoms with van der Waals surface area (Å²) in [5.41, 5.74) is 2.61. The lowest BCUT2D eigenvalue weighted by molar-refractivity contribution is 0.506. The van der Waals surface area contributed by atoms with Gasteiger partial charge in [0.25, 0.3) is 6.26 Å². The van der Waals surface area contributed by atoms with Crippen LogP contribution < -0.4 is 4.74 Å². The van der Waals surface area contributed by atoms with E-state index in [1.807, 2.05) is 30.3 Å². The fraction of sp³-hybridized carbons (Fsp3) is 0.0667. The molecule has 0 saturated heterocycles. The first kappa shape index (κ1) is 12.6. The summed E-state index contributed by atoms with van der Waals surface area (Å²) in [6, 6.07) is 14.6. The number of hydrogen-bond acceptors (Lipinski definition) is 4. The lowest BCUT2D eigenvalue weighted by atomic mass is 10.0. The van der Waals surface area contributed by atoms with Gasteiger partial charge < -0.3 is 4.74 Å². The Morgan fingerprint density at radius 3 is 2.58 bits per heavy atom. The lowest BCUT2D eigenvalue weighted by Crippen LogP contribution is -1.89. The number of carbonyl (C=O) groups excluding carboxylic acids is 1. The van der Waals surface area contributed by atoms with Crippen LogP contribution in [0, 0.1) is 11.5 Å². The zero-order valence-corrected chi connectivity index (χ0v) is 10.0. The Morgan fingerprint density at radius 1 is 1.11 bits per heavy atom. The minimum absolute atomic E-state index is 0.516. The Hall–Kier alpha value is -2.89. The van der Waals surface area contributed by atoms with Gasteiger partial charge in [0.2, 0.25) is 6.08 Å². The van der Waals surface area contributed by atoms with Gasteiger partial charge in [-0.25, -0.2) is 4.79 Å². The van der Waals surface area contributed by atoms with Crippen molar-refractivity contribution in [3.8, 4) is 12.0 Å². The average molecular weight is 250 g/mol. The predicted molar refractivity (Wildman–Crippen MR) is 69.7 cm³/mol. The number of nitriles is 1. The summed E-state index contributed by atoms with van der Waals surface area (Å²) < 4.78 is 4.78. The van der Waals surface area contributed by atoms with Gasteiger partial charge in [-0.1, -0.05) is 24.3 Å². The van der Waals surface area contributed by atoms with Crippen molar-refractivity contribution in [3.63, 3.8) is 0 Å². The van der Waals surface area contributed by atoms with Crippen molar-refractivity contribution >= 4 is 11.8 Å². The van der Waals surface area contributed by atoms with Crippen LogP contribution in [0.5, 0.6) is 5.75 Å². The molecule has 0 aliphatic heterocycles. The van der Waals surface area contributed by atoms with Gasteiger partial charge in [-0.05, 0) is 41.8 Å². The fourth-order valence-electron chi connectivity index (χ4n) is 1.80. The molecule has 0 radical (unpaired) electrons. The molecule has 0 aromatic heterocycles. The normalized spacial score (nSPS) is 9.21. The Balaban J connectivity index is 2.21. The third-order valence-corrected chi connectivity index (χ3v) is 2.56. The Bertz CT molecular complexity index is 668. The van der Waals surface area contributed by atoms with Crippen LogP contribution >= 0.6 is 0 Å². The molecule has 4 nitrogen and oxygen atoms in total. The minimum atomic E-state index is 0.516. The molecule has 0 bridgehead atoms. The van der Waals surface area contributed by atoms with E-state index in [1.165, 1.54) is 6.08 Å². The van der Waals surface area contributed by atoms with Crippen LogP contribution in [-0.4, -0.2) is 6.08 Å². The van der Waals surface area contributed by atoms with Crippen LogP contribution in [0.1, 0.15) is 11.1 Å². The topological polar surface area (TPSA) is 62.4 Å². The van der Waals surface area contributed by atoms with E-state index in [2.05, 4.69) is 4.99 Å². The maximum absolute atomic E-state index is 10.2. The number of aliphatic imine (C=N–C) groups is 1. The van der Waals surface area contributed by atoms with Gasteiger partial charge in [-0.15, -0.1) is 5.26 Å². The van der Waals surface area contributed by atoms with Crippen molar-refractivity contribution in [2.24, 2.45) is 4.99 Å². The van der Waals surface area contributed by atoms with Crippen LogP contribution in [0.25, 0.3) is 0 Å². The highest BCUT2D eigenvalue weighted by Gasteiger charge is 2.00. The molecule has 0 aliphatic rings. The Labute approximate surface area is 110 Å². The Kier molecular flexibility index (Phi) is 4.07. The summed E-state index contributed by atoms with van der Waals surface area (Å²) in [7, 11) is 0. The third kappa shape index (κ3) is 3.53. The number of hydrogen-bond donors (Lipinski definition) is 0. The monoisotopic (exact) mass is 250 g/mol. The molecule has 19 heavy (non-hydrogen) atoms. The van der Waals surface area contributed by atoms with Gasteiger partial charge >= 0.3 is 0 Å². The molecule has 0 atom stereocenters. The van der Waals surface area contributed by atoms with Gasteiger partial charge in [-0.2, -0.15) is 4.99 Å². The molecule has 0 fully saturated rings. The zero-order valence-electron chi connectivity index (χ0n) is 10.0. The standard InChI is InChI=1S/C15H10N2O2/c16-10-19-15-6-2-4-13(9-15)7-12-3-1-5-14(8-12)17-11-18/h1-6,8-9H,7H2. The number of nitrogens with zero attached hydrogens (tertiary/aromatic N) is 2. The molecule has 0 heterocycles. The molecular formula is C15H10N2O2. The van der Waals surface area contributed by atoms with Gasteiger partial charge in [0, 0.05) is 0 Å². The van der Waals surface area contributed by atoms with E-state index in [-0.39, 0.29) is 0 Å². The van der Waals surface area contributed by atoms with Crippen LogP contribution in [0.2, 0.25) is 0 Å². The van der Waals surface area contributed by atoms with Crippen molar-refractivity contribution in [2.45, 2.75) is 6.42 Å². The predicted octanol–water partition coefficient (Wildman–Crippen LogP) is 3.10. The number of rotatable bonds is 4. The van der Waals surface area contributed by atoms with E-state index < -0.39 is 0 Å². The SMILES string of the molecule is N#COc1cccc(Cc2cccc(N=C=O)c2)c1. The number of ether oxygens (including phenoxy) is 1. The molecular weight excluding hydrogens is 240 g/mol. The van der Waals surface area contributed by atoms with E-state index in [1.54, 1.807) is 24.5 Å². The molecule has 0 spiro atoms. The van der Waals surface area contributed by atoms with E-state index in [0.717, 1.165) is 11.1 Å². The first-order valence-electron chi connectivity index (χ1n) is 5.63. The van der Waals surface area contributed by atoms with Crippen molar-refractivity contribution in [3.05, 3.63) is 59.7 Å². The molecule has 2 aromatic carbocycles. The molecule has 2 rings (SSSR count). The maximum atomic E-state index is 10.2. The molecule has 4 heteroatoms. The molecule has 0 saturated carbocycles.